The molecule has 1 fully saturated rings. The Balaban J connectivity index is 1.60. The fraction of sp³-hybridized carbons (Fsp3) is 0.333. The van der Waals surface area contributed by atoms with Gasteiger partial charge < -0.3 is 19.9 Å². The van der Waals surface area contributed by atoms with Crippen molar-refractivity contribution in [2.45, 2.75) is 20.0 Å². The smallest absolute Gasteiger partial charge is 0.322 e. The normalized spacial score (nSPS) is 14.1. The Kier molecular flexibility index (Phi) is 6.13. The van der Waals surface area contributed by atoms with Crippen LogP contribution in [0, 0.1) is 5.82 Å². The molecule has 1 aliphatic rings. The lowest BCUT2D eigenvalue weighted by molar-refractivity contribution is 0.0671. The lowest BCUT2D eigenvalue weighted by Gasteiger charge is -2.34. The molecule has 0 spiro atoms. The number of nitrogens with one attached hydrogen (secondary N) is 1. The summed E-state index contributed by atoms with van der Waals surface area (Å²) in [5.74, 6) is -0.0780. The molecule has 0 aromatic heterocycles. The van der Waals surface area contributed by atoms with E-state index in [1.807, 2.05) is 32.0 Å². The molecule has 0 unspecified atom stereocenters. The number of amides is 3. The Morgan fingerprint density at radius 2 is 1.64 bits per heavy atom. The van der Waals surface area contributed by atoms with E-state index in [9.17, 15) is 14.0 Å². The molecule has 2 aromatic carbocycles. The lowest BCUT2D eigenvalue weighted by Crippen LogP contribution is -2.51. The number of carbonyl (C=O) groups is 2. The molecule has 0 atom stereocenters. The Bertz CT molecular complexity index is 834. The van der Waals surface area contributed by atoms with E-state index in [-0.39, 0.29) is 18.0 Å². The van der Waals surface area contributed by atoms with Crippen LogP contribution in [-0.4, -0.2) is 54.0 Å². The van der Waals surface area contributed by atoms with Crippen molar-refractivity contribution in [3.8, 4) is 5.75 Å². The summed E-state index contributed by atoms with van der Waals surface area (Å²) in [5, 5.41) is 2.72. The van der Waals surface area contributed by atoms with Gasteiger partial charge in [-0.2, -0.15) is 0 Å². The van der Waals surface area contributed by atoms with Crippen LogP contribution < -0.4 is 10.1 Å². The van der Waals surface area contributed by atoms with Gasteiger partial charge in [0.15, 0.2) is 0 Å². The molecule has 0 saturated carbocycles. The average molecular weight is 385 g/mol. The minimum atomic E-state index is -0.454. The number of anilines is 1. The van der Waals surface area contributed by atoms with Crippen LogP contribution in [0.5, 0.6) is 5.75 Å². The van der Waals surface area contributed by atoms with Crippen LogP contribution in [0.15, 0.2) is 48.5 Å². The number of piperazine rings is 1. The predicted molar refractivity (Wildman–Crippen MR) is 105 cm³/mol. The Hall–Kier alpha value is -3.09. The van der Waals surface area contributed by atoms with E-state index in [1.54, 1.807) is 21.9 Å². The number of halogens is 1. The molecule has 0 aliphatic carbocycles. The van der Waals surface area contributed by atoms with Crippen LogP contribution >= 0.6 is 0 Å². The summed E-state index contributed by atoms with van der Waals surface area (Å²) in [7, 11) is 0. The summed E-state index contributed by atoms with van der Waals surface area (Å²) < 4.78 is 19.2. The monoisotopic (exact) mass is 385 g/mol. The first-order valence-electron chi connectivity index (χ1n) is 9.30. The zero-order valence-electron chi connectivity index (χ0n) is 16.0. The van der Waals surface area contributed by atoms with E-state index in [1.165, 1.54) is 18.2 Å². The van der Waals surface area contributed by atoms with Crippen molar-refractivity contribution in [3.05, 3.63) is 59.9 Å². The predicted octanol–water partition coefficient (Wildman–Crippen LogP) is 3.60. The second-order valence-corrected chi connectivity index (χ2v) is 6.88. The van der Waals surface area contributed by atoms with Gasteiger partial charge in [-0.15, -0.1) is 0 Å². The molecule has 1 N–H and O–H groups in total. The maximum absolute atomic E-state index is 13.6. The van der Waals surface area contributed by atoms with Crippen molar-refractivity contribution in [3.63, 3.8) is 0 Å². The van der Waals surface area contributed by atoms with E-state index in [2.05, 4.69) is 5.32 Å². The molecule has 1 saturated heterocycles. The average Bonchev–Trinajstić information content (AvgIpc) is 2.70. The second kappa shape index (κ2) is 8.73. The van der Waals surface area contributed by atoms with Gasteiger partial charge in [0.05, 0.1) is 11.8 Å². The summed E-state index contributed by atoms with van der Waals surface area (Å²) >= 11 is 0. The van der Waals surface area contributed by atoms with Crippen molar-refractivity contribution in [1.82, 2.24) is 9.80 Å². The van der Waals surface area contributed by atoms with Crippen LogP contribution in [0.4, 0.5) is 14.9 Å². The van der Waals surface area contributed by atoms with Gasteiger partial charge in [-0.25, -0.2) is 9.18 Å². The van der Waals surface area contributed by atoms with Gasteiger partial charge in [0.25, 0.3) is 5.91 Å². The molecule has 1 heterocycles. The van der Waals surface area contributed by atoms with Crippen molar-refractivity contribution in [2.24, 2.45) is 0 Å². The first-order valence-corrected chi connectivity index (χ1v) is 9.30. The van der Waals surface area contributed by atoms with Crippen molar-refractivity contribution < 1.29 is 18.7 Å². The highest BCUT2D eigenvalue weighted by molar-refractivity contribution is 5.95. The molecule has 7 heteroatoms. The number of hydrogen-bond donors (Lipinski definition) is 1. The summed E-state index contributed by atoms with van der Waals surface area (Å²) in [5.41, 5.74) is 0.928. The number of carbonyl (C=O) groups excluding carboxylic acids is 2. The summed E-state index contributed by atoms with van der Waals surface area (Å²) in [6.45, 7) is 5.41. The van der Waals surface area contributed by atoms with Crippen molar-refractivity contribution >= 4 is 17.6 Å². The molecule has 1 aliphatic heterocycles. The maximum Gasteiger partial charge on any atom is 0.322 e. The molecule has 148 valence electrons. The molecule has 0 bridgehead atoms. The molecule has 2 aromatic rings. The Morgan fingerprint density at radius 3 is 2.29 bits per heavy atom. The molecule has 0 radical (unpaired) electrons. The van der Waals surface area contributed by atoms with Crippen LogP contribution in [-0.2, 0) is 0 Å². The quantitative estimate of drug-likeness (QED) is 0.875. The van der Waals surface area contributed by atoms with Gasteiger partial charge in [-0.3, -0.25) is 4.79 Å². The highest BCUT2D eigenvalue weighted by Gasteiger charge is 2.25. The molecule has 3 rings (SSSR count). The van der Waals surface area contributed by atoms with E-state index in [4.69, 9.17) is 4.74 Å². The number of benzene rings is 2. The molecule has 28 heavy (non-hydrogen) atoms. The van der Waals surface area contributed by atoms with E-state index in [0.717, 1.165) is 0 Å². The number of hydrogen-bond acceptors (Lipinski definition) is 3. The maximum atomic E-state index is 13.6. The summed E-state index contributed by atoms with van der Waals surface area (Å²) in [6, 6.07) is 12.8. The Labute approximate surface area is 163 Å². The van der Waals surface area contributed by atoms with Crippen LogP contribution in [0.1, 0.15) is 24.2 Å². The molecular weight excluding hydrogens is 361 g/mol. The fourth-order valence-corrected chi connectivity index (χ4v) is 3.03. The number of urea groups is 1. The highest BCUT2D eigenvalue weighted by Crippen LogP contribution is 2.27. The lowest BCUT2D eigenvalue weighted by atomic mass is 10.2. The summed E-state index contributed by atoms with van der Waals surface area (Å²) in [6.07, 6.45) is -0.103. The number of rotatable bonds is 4. The third-order valence-electron chi connectivity index (χ3n) is 4.42. The summed E-state index contributed by atoms with van der Waals surface area (Å²) in [4.78, 5) is 28.4. The van der Waals surface area contributed by atoms with Gasteiger partial charge in [-0.1, -0.05) is 18.2 Å². The zero-order chi connectivity index (χ0) is 20.1. The molecule has 3 amide bonds. The topological polar surface area (TPSA) is 61.9 Å². The van der Waals surface area contributed by atoms with E-state index in [0.29, 0.717) is 43.2 Å². The van der Waals surface area contributed by atoms with Crippen molar-refractivity contribution in [1.29, 1.82) is 0 Å². The van der Waals surface area contributed by atoms with Gasteiger partial charge in [0.1, 0.15) is 11.6 Å². The second-order valence-electron chi connectivity index (χ2n) is 6.88. The van der Waals surface area contributed by atoms with E-state index < -0.39 is 5.82 Å². The van der Waals surface area contributed by atoms with E-state index >= 15 is 0 Å². The van der Waals surface area contributed by atoms with Crippen LogP contribution in [0.2, 0.25) is 0 Å². The fourth-order valence-electron chi connectivity index (χ4n) is 3.03. The first-order chi connectivity index (χ1) is 13.4. The standard InChI is InChI=1S/C21H24FN3O3/c1-15(2)28-19-9-8-17(22)14-18(19)23-21(27)25-12-10-24(11-13-25)20(26)16-6-4-3-5-7-16/h3-9,14-15H,10-13H2,1-2H3,(H,23,27). The SMILES string of the molecule is CC(C)Oc1ccc(F)cc1NC(=O)N1CCN(C(=O)c2ccccc2)CC1. The van der Waals surface area contributed by atoms with Crippen molar-refractivity contribution in [2.75, 3.05) is 31.5 Å². The zero-order valence-corrected chi connectivity index (χ0v) is 16.0. The van der Waals surface area contributed by atoms with Gasteiger partial charge in [-0.05, 0) is 38.1 Å². The number of ether oxygens (including phenoxy) is 1. The van der Waals surface area contributed by atoms with Gasteiger partial charge in [0, 0.05) is 37.8 Å². The third kappa shape index (κ3) is 4.79. The van der Waals surface area contributed by atoms with Gasteiger partial charge >= 0.3 is 6.03 Å². The first kappa shape index (κ1) is 19.7. The minimum absolute atomic E-state index is 0.0431. The third-order valence-corrected chi connectivity index (χ3v) is 4.42. The molecular formula is C21H24FN3O3. The van der Waals surface area contributed by atoms with Gasteiger partial charge in [0.2, 0.25) is 0 Å². The molecule has 6 nitrogen and oxygen atoms in total. The minimum Gasteiger partial charge on any atom is -0.489 e. The largest absolute Gasteiger partial charge is 0.489 e. The Morgan fingerprint density at radius 1 is 1.00 bits per heavy atom. The number of nitrogens with zero attached hydrogens (tertiary/aromatic N) is 2. The highest BCUT2D eigenvalue weighted by atomic mass is 19.1. The van der Waals surface area contributed by atoms with Crippen LogP contribution in [0.3, 0.4) is 0 Å². The van der Waals surface area contributed by atoms with Crippen LogP contribution in [0.25, 0.3) is 0 Å².